The van der Waals surface area contributed by atoms with Crippen LogP contribution >= 0.6 is 0 Å². The summed E-state index contributed by atoms with van der Waals surface area (Å²) in [6.07, 6.45) is 1.02. The van der Waals surface area contributed by atoms with E-state index in [1.54, 1.807) is 0 Å². The normalized spacial score (nSPS) is 14.3. The lowest BCUT2D eigenvalue weighted by Gasteiger charge is -2.18. The van der Waals surface area contributed by atoms with Gasteiger partial charge in [0.25, 0.3) is 0 Å². The van der Waals surface area contributed by atoms with Crippen LogP contribution in [-0.4, -0.2) is 35.6 Å². The Bertz CT molecular complexity index is 221. The van der Waals surface area contributed by atoms with Crippen LogP contribution in [0.3, 0.4) is 0 Å². The minimum absolute atomic E-state index is 0.00381. The molecule has 0 saturated carbocycles. The molecule has 0 aromatic rings. The highest BCUT2D eigenvalue weighted by atomic mass is 16.3. The fourth-order valence-electron chi connectivity index (χ4n) is 1.15. The van der Waals surface area contributed by atoms with Gasteiger partial charge < -0.3 is 21.9 Å². The van der Waals surface area contributed by atoms with E-state index < -0.39 is 17.9 Å². The third kappa shape index (κ3) is 6.03. The zero-order valence-electron chi connectivity index (χ0n) is 8.90. The zero-order chi connectivity index (χ0) is 11.8. The SMILES string of the molecule is CCC(CCO)NC(=O)C(N)CC(N)=O. The average molecular weight is 217 g/mol. The summed E-state index contributed by atoms with van der Waals surface area (Å²) >= 11 is 0. The van der Waals surface area contributed by atoms with Crippen LogP contribution in [0.5, 0.6) is 0 Å². The Morgan fingerprint density at radius 3 is 2.47 bits per heavy atom. The number of nitrogens with two attached hydrogens (primary N) is 2. The number of aliphatic hydroxyl groups excluding tert-OH is 1. The number of rotatable bonds is 7. The first kappa shape index (κ1) is 13.9. The molecule has 6 heteroatoms. The maximum absolute atomic E-state index is 11.4. The molecule has 2 amide bonds. The highest BCUT2D eigenvalue weighted by molar-refractivity contribution is 5.87. The molecule has 2 unspecified atom stereocenters. The van der Waals surface area contributed by atoms with Gasteiger partial charge in [0.2, 0.25) is 11.8 Å². The quantitative estimate of drug-likeness (QED) is 0.413. The molecule has 0 rings (SSSR count). The molecule has 88 valence electrons. The largest absolute Gasteiger partial charge is 0.396 e. The number of carbonyl (C=O) groups is 2. The van der Waals surface area contributed by atoms with Crippen molar-refractivity contribution in [3.63, 3.8) is 0 Å². The minimum atomic E-state index is -0.907. The van der Waals surface area contributed by atoms with Crippen molar-refractivity contribution in [3.05, 3.63) is 0 Å². The van der Waals surface area contributed by atoms with Crippen molar-refractivity contribution in [2.45, 2.75) is 38.3 Å². The molecule has 0 heterocycles. The molecular weight excluding hydrogens is 198 g/mol. The Hall–Kier alpha value is -1.14. The molecule has 0 saturated heterocycles. The first-order valence-corrected chi connectivity index (χ1v) is 4.96. The Morgan fingerprint density at radius 2 is 2.07 bits per heavy atom. The summed E-state index contributed by atoms with van der Waals surface area (Å²) in [6, 6.07) is -1.02. The molecule has 0 aliphatic heterocycles. The van der Waals surface area contributed by atoms with Gasteiger partial charge in [-0.25, -0.2) is 0 Å². The summed E-state index contributed by atoms with van der Waals surface area (Å²) in [7, 11) is 0. The van der Waals surface area contributed by atoms with Crippen molar-refractivity contribution < 1.29 is 14.7 Å². The average Bonchev–Trinajstić information content (AvgIpc) is 2.15. The number of aliphatic hydroxyl groups is 1. The van der Waals surface area contributed by atoms with E-state index in [0.717, 1.165) is 0 Å². The number of primary amides is 1. The highest BCUT2D eigenvalue weighted by Gasteiger charge is 2.18. The maximum atomic E-state index is 11.4. The van der Waals surface area contributed by atoms with E-state index in [0.29, 0.717) is 12.8 Å². The smallest absolute Gasteiger partial charge is 0.237 e. The summed E-state index contributed by atoms with van der Waals surface area (Å²) in [4.78, 5) is 21.9. The second-order valence-corrected chi connectivity index (χ2v) is 3.40. The monoisotopic (exact) mass is 217 g/mol. The van der Waals surface area contributed by atoms with Crippen LogP contribution in [0.1, 0.15) is 26.2 Å². The second kappa shape index (κ2) is 7.19. The Morgan fingerprint density at radius 1 is 1.47 bits per heavy atom. The molecule has 0 aromatic heterocycles. The summed E-state index contributed by atoms with van der Waals surface area (Å²) in [5.74, 6) is -1.01. The van der Waals surface area contributed by atoms with Gasteiger partial charge in [0.15, 0.2) is 0 Å². The third-order valence-electron chi connectivity index (χ3n) is 2.07. The van der Waals surface area contributed by atoms with E-state index in [1.165, 1.54) is 0 Å². The number of amides is 2. The first-order chi connectivity index (χ1) is 7.01. The van der Waals surface area contributed by atoms with E-state index in [4.69, 9.17) is 16.6 Å². The summed E-state index contributed by atoms with van der Waals surface area (Å²) in [6.45, 7) is 1.89. The van der Waals surface area contributed by atoms with Gasteiger partial charge in [-0.3, -0.25) is 9.59 Å². The third-order valence-corrected chi connectivity index (χ3v) is 2.07. The topological polar surface area (TPSA) is 118 Å². The van der Waals surface area contributed by atoms with Gasteiger partial charge in [0.05, 0.1) is 12.5 Å². The number of carbonyl (C=O) groups excluding carboxylic acids is 2. The molecule has 0 bridgehead atoms. The van der Waals surface area contributed by atoms with Crippen LogP contribution in [0.2, 0.25) is 0 Å². The predicted molar refractivity (Wildman–Crippen MR) is 55.7 cm³/mol. The summed E-state index contributed by atoms with van der Waals surface area (Å²) in [5, 5.41) is 11.3. The van der Waals surface area contributed by atoms with Crippen LogP contribution in [0.4, 0.5) is 0 Å². The molecule has 6 N–H and O–H groups in total. The zero-order valence-corrected chi connectivity index (χ0v) is 8.90. The maximum Gasteiger partial charge on any atom is 0.237 e. The van der Waals surface area contributed by atoms with Crippen molar-refractivity contribution in [2.75, 3.05) is 6.61 Å². The summed E-state index contributed by atoms with van der Waals surface area (Å²) in [5.41, 5.74) is 10.4. The van der Waals surface area contributed by atoms with Gasteiger partial charge in [-0.2, -0.15) is 0 Å². The van der Waals surface area contributed by atoms with Crippen molar-refractivity contribution in [1.82, 2.24) is 5.32 Å². The van der Waals surface area contributed by atoms with Crippen LogP contribution < -0.4 is 16.8 Å². The van der Waals surface area contributed by atoms with E-state index in [9.17, 15) is 9.59 Å². The molecule has 0 fully saturated rings. The van der Waals surface area contributed by atoms with Crippen molar-refractivity contribution >= 4 is 11.8 Å². The lowest BCUT2D eigenvalue weighted by atomic mass is 10.1. The number of nitrogens with one attached hydrogen (secondary N) is 1. The van der Waals surface area contributed by atoms with Crippen molar-refractivity contribution in [2.24, 2.45) is 11.5 Å². The van der Waals surface area contributed by atoms with Crippen LogP contribution in [0, 0.1) is 0 Å². The van der Waals surface area contributed by atoms with Crippen molar-refractivity contribution in [1.29, 1.82) is 0 Å². The summed E-state index contributed by atoms with van der Waals surface area (Å²) < 4.78 is 0. The lowest BCUT2D eigenvalue weighted by molar-refractivity contribution is -0.126. The molecule has 0 spiro atoms. The Labute approximate surface area is 89.0 Å². The molecule has 2 atom stereocenters. The first-order valence-electron chi connectivity index (χ1n) is 4.96. The van der Waals surface area contributed by atoms with Crippen LogP contribution in [0.25, 0.3) is 0 Å². The Kier molecular flexibility index (Phi) is 6.64. The Balaban J connectivity index is 4.03. The molecule has 0 aliphatic rings. The molecule has 0 aliphatic carbocycles. The fraction of sp³-hybridized carbons (Fsp3) is 0.778. The van der Waals surface area contributed by atoms with E-state index >= 15 is 0 Å². The van der Waals surface area contributed by atoms with Crippen molar-refractivity contribution in [3.8, 4) is 0 Å². The van der Waals surface area contributed by atoms with E-state index in [-0.39, 0.29) is 19.1 Å². The molecule has 15 heavy (non-hydrogen) atoms. The second-order valence-electron chi connectivity index (χ2n) is 3.40. The van der Waals surface area contributed by atoms with Gasteiger partial charge >= 0.3 is 0 Å². The molecule has 0 radical (unpaired) electrons. The molecular formula is C9H19N3O3. The van der Waals surface area contributed by atoms with E-state index in [1.807, 2.05) is 6.92 Å². The molecule has 6 nitrogen and oxygen atoms in total. The van der Waals surface area contributed by atoms with Gasteiger partial charge in [-0.05, 0) is 12.8 Å². The highest BCUT2D eigenvalue weighted by Crippen LogP contribution is 1.98. The fourth-order valence-corrected chi connectivity index (χ4v) is 1.15. The van der Waals surface area contributed by atoms with E-state index in [2.05, 4.69) is 5.32 Å². The van der Waals surface area contributed by atoms with Gasteiger partial charge in [0, 0.05) is 12.6 Å². The predicted octanol–water partition coefficient (Wildman–Crippen LogP) is -1.53. The van der Waals surface area contributed by atoms with Gasteiger partial charge in [-0.15, -0.1) is 0 Å². The standard InChI is InChI=1S/C9H19N3O3/c1-2-6(3-4-13)12-9(15)7(10)5-8(11)14/h6-7,13H,2-5,10H2,1H3,(H2,11,14)(H,12,15). The van der Waals surface area contributed by atoms with Crippen LogP contribution in [0.15, 0.2) is 0 Å². The molecule has 0 aromatic carbocycles. The van der Waals surface area contributed by atoms with Gasteiger partial charge in [0.1, 0.15) is 0 Å². The van der Waals surface area contributed by atoms with Crippen LogP contribution in [-0.2, 0) is 9.59 Å². The lowest BCUT2D eigenvalue weighted by Crippen LogP contribution is -2.47. The van der Waals surface area contributed by atoms with Gasteiger partial charge in [-0.1, -0.05) is 6.92 Å². The minimum Gasteiger partial charge on any atom is -0.396 e. The number of hydrogen-bond acceptors (Lipinski definition) is 4. The number of hydrogen-bond donors (Lipinski definition) is 4.